The van der Waals surface area contributed by atoms with Crippen LogP contribution in [-0.4, -0.2) is 65.4 Å². The fourth-order valence-corrected chi connectivity index (χ4v) is 4.18. The molecule has 0 aliphatic carbocycles. The van der Waals surface area contributed by atoms with E-state index in [9.17, 15) is 9.59 Å². The third-order valence-corrected chi connectivity index (χ3v) is 5.52. The lowest BCUT2D eigenvalue weighted by atomic mass is 10.2. The SMILES string of the molecule is O=C([C@H]1CCCN1C(=O)COc1cccc(Cl)c1)N1CCSCC1. The lowest BCUT2D eigenvalue weighted by Crippen LogP contribution is -2.50. The van der Waals surface area contributed by atoms with Crippen LogP contribution in [0.25, 0.3) is 0 Å². The van der Waals surface area contributed by atoms with Crippen molar-refractivity contribution >= 4 is 35.2 Å². The summed E-state index contributed by atoms with van der Waals surface area (Å²) in [6.45, 7) is 2.11. The van der Waals surface area contributed by atoms with E-state index in [1.54, 1.807) is 29.2 Å². The first-order valence-electron chi connectivity index (χ1n) is 8.19. The normalized spacial score (nSPS) is 21.0. The van der Waals surface area contributed by atoms with Gasteiger partial charge in [-0.15, -0.1) is 0 Å². The molecular weight excluding hydrogens is 348 g/mol. The second-order valence-electron chi connectivity index (χ2n) is 5.93. The maximum Gasteiger partial charge on any atom is 0.261 e. The van der Waals surface area contributed by atoms with Crippen LogP contribution in [0.5, 0.6) is 5.75 Å². The van der Waals surface area contributed by atoms with E-state index in [4.69, 9.17) is 16.3 Å². The molecule has 0 radical (unpaired) electrons. The summed E-state index contributed by atoms with van der Waals surface area (Å²) in [6.07, 6.45) is 1.60. The molecule has 2 amide bonds. The van der Waals surface area contributed by atoms with Gasteiger partial charge in [0, 0.05) is 36.2 Å². The van der Waals surface area contributed by atoms with Crippen LogP contribution >= 0.6 is 23.4 Å². The molecule has 1 atom stereocenters. The van der Waals surface area contributed by atoms with Crippen molar-refractivity contribution in [1.29, 1.82) is 0 Å². The first-order valence-corrected chi connectivity index (χ1v) is 9.73. The van der Waals surface area contributed by atoms with Crippen molar-refractivity contribution in [2.45, 2.75) is 18.9 Å². The fraction of sp³-hybridized carbons (Fsp3) is 0.529. The Balaban J connectivity index is 1.57. The largest absolute Gasteiger partial charge is 0.484 e. The summed E-state index contributed by atoms with van der Waals surface area (Å²) in [6, 6.07) is 6.63. The van der Waals surface area contributed by atoms with Crippen molar-refractivity contribution < 1.29 is 14.3 Å². The molecule has 0 N–H and O–H groups in total. The van der Waals surface area contributed by atoms with Crippen molar-refractivity contribution in [3.63, 3.8) is 0 Å². The van der Waals surface area contributed by atoms with Gasteiger partial charge in [0.1, 0.15) is 11.8 Å². The van der Waals surface area contributed by atoms with Gasteiger partial charge in [-0.1, -0.05) is 17.7 Å². The number of carbonyl (C=O) groups is 2. The summed E-state index contributed by atoms with van der Waals surface area (Å²) in [7, 11) is 0. The van der Waals surface area contributed by atoms with Gasteiger partial charge in [-0.3, -0.25) is 9.59 Å². The van der Waals surface area contributed by atoms with Crippen LogP contribution in [0.3, 0.4) is 0 Å². The molecule has 2 aliphatic heterocycles. The van der Waals surface area contributed by atoms with Gasteiger partial charge in [0.25, 0.3) is 5.91 Å². The Bertz CT molecular complexity index is 607. The van der Waals surface area contributed by atoms with Crippen molar-refractivity contribution in [1.82, 2.24) is 9.80 Å². The number of carbonyl (C=O) groups excluding carboxylic acids is 2. The summed E-state index contributed by atoms with van der Waals surface area (Å²) >= 11 is 7.78. The lowest BCUT2D eigenvalue weighted by Gasteiger charge is -2.32. The summed E-state index contributed by atoms with van der Waals surface area (Å²) in [5, 5.41) is 0.567. The molecule has 0 bridgehead atoms. The predicted molar refractivity (Wildman–Crippen MR) is 95.6 cm³/mol. The molecule has 0 aromatic heterocycles. The average Bonchev–Trinajstić information content (AvgIpc) is 3.09. The third kappa shape index (κ3) is 4.16. The first-order chi connectivity index (χ1) is 11.6. The maximum absolute atomic E-state index is 12.7. The molecule has 0 unspecified atom stereocenters. The molecule has 5 nitrogen and oxygen atoms in total. The molecule has 2 aliphatic rings. The zero-order valence-corrected chi connectivity index (χ0v) is 15.0. The molecule has 7 heteroatoms. The van der Waals surface area contributed by atoms with Crippen molar-refractivity contribution in [3.05, 3.63) is 29.3 Å². The molecule has 130 valence electrons. The Hall–Kier alpha value is -1.40. The lowest BCUT2D eigenvalue weighted by molar-refractivity contribution is -0.144. The summed E-state index contributed by atoms with van der Waals surface area (Å²) in [5.41, 5.74) is 0. The van der Waals surface area contributed by atoms with E-state index in [2.05, 4.69) is 0 Å². The second-order valence-corrected chi connectivity index (χ2v) is 7.59. The minimum absolute atomic E-state index is 0.0695. The average molecular weight is 369 g/mol. The number of rotatable bonds is 4. The number of hydrogen-bond acceptors (Lipinski definition) is 4. The van der Waals surface area contributed by atoms with Crippen LogP contribution in [0.1, 0.15) is 12.8 Å². The standard InChI is InChI=1S/C17H21ClN2O3S/c18-13-3-1-4-14(11-13)23-12-16(21)20-6-2-5-15(20)17(22)19-7-9-24-10-8-19/h1,3-4,11,15H,2,5-10,12H2/t15-/m1/s1. The van der Waals surface area contributed by atoms with Crippen LogP contribution in [0.4, 0.5) is 0 Å². The Morgan fingerprint density at radius 2 is 2.04 bits per heavy atom. The van der Waals surface area contributed by atoms with E-state index in [1.165, 1.54) is 0 Å². The quantitative estimate of drug-likeness (QED) is 0.818. The molecule has 2 heterocycles. The van der Waals surface area contributed by atoms with Gasteiger partial charge < -0.3 is 14.5 Å². The number of benzene rings is 1. The Morgan fingerprint density at radius 1 is 1.25 bits per heavy atom. The number of nitrogens with zero attached hydrogens (tertiary/aromatic N) is 2. The van der Waals surface area contributed by atoms with Crippen LogP contribution < -0.4 is 4.74 Å². The number of likely N-dealkylation sites (tertiary alicyclic amines) is 1. The van der Waals surface area contributed by atoms with Crippen LogP contribution in [0.2, 0.25) is 5.02 Å². The maximum atomic E-state index is 12.7. The number of thioether (sulfide) groups is 1. The van der Waals surface area contributed by atoms with Crippen molar-refractivity contribution in [2.24, 2.45) is 0 Å². The minimum atomic E-state index is -0.330. The topological polar surface area (TPSA) is 49.9 Å². The molecule has 24 heavy (non-hydrogen) atoms. The second kappa shape index (κ2) is 8.12. The third-order valence-electron chi connectivity index (χ3n) is 4.34. The number of halogens is 1. The van der Waals surface area contributed by atoms with Gasteiger partial charge in [-0.25, -0.2) is 0 Å². The van der Waals surface area contributed by atoms with E-state index in [0.29, 0.717) is 17.3 Å². The van der Waals surface area contributed by atoms with Crippen molar-refractivity contribution in [2.75, 3.05) is 37.7 Å². The summed E-state index contributed by atoms with van der Waals surface area (Å²) < 4.78 is 5.53. The van der Waals surface area contributed by atoms with Crippen molar-refractivity contribution in [3.8, 4) is 5.75 Å². The van der Waals surface area contributed by atoms with E-state index in [0.717, 1.165) is 37.4 Å². The van der Waals surface area contributed by atoms with Gasteiger partial charge in [-0.2, -0.15) is 11.8 Å². The molecule has 1 aromatic carbocycles. The van der Waals surface area contributed by atoms with Gasteiger partial charge in [-0.05, 0) is 31.0 Å². The highest BCUT2D eigenvalue weighted by Crippen LogP contribution is 2.22. The highest BCUT2D eigenvalue weighted by molar-refractivity contribution is 7.99. The predicted octanol–water partition coefficient (Wildman–Crippen LogP) is 2.29. The molecule has 0 saturated carbocycles. The first kappa shape index (κ1) is 17.4. The van der Waals surface area contributed by atoms with E-state index < -0.39 is 0 Å². The van der Waals surface area contributed by atoms with Crippen LogP contribution in [-0.2, 0) is 9.59 Å². The van der Waals surface area contributed by atoms with E-state index in [1.807, 2.05) is 16.7 Å². The minimum Gasteiger partial charge on any atom is -0.484 e. The molecule has 1 aromatic rings. The molecule has 0 spiro atoms. The number of ether oxygens (including phenoxy) is 1. The monoisotopic (exact) mass is 368 g/mol. The van der Waals surface area contributed by atoms with Crippen LogP contribution in [0, 0.1) is 0 Å². The number of hydrogen-bond donors (Lipinski definition) is 0. The summed E-state index contributed by atoms with van der Waals surface area (Å²) in [4.78, 5) is 28.8. The van der Waals surface area contributed by atoms with Gasteiger partial charge >= 0.3 is 0 Å². The Morgan fingerprint density at radius 3 is 2.79 bits per heavy atom. The smallest absolute Gasteiger partial charge is 0.261 e. The highest BCUT2D eigenvalue weighted by atomic mass is 35.5. The molecule has 2 saturated heterocycles. The zero-order chi connectivity index (χ0) is 16.9. The van der Waals surface area contributed by atoms with E-state index in [-0.39, 0.29) is 24.5 Å². The van der Waals surface area contributed by atoms with Crippen LogP contribution in [0.15, 0.2) is 24.3 Å². The van der Waals surface area contributed by atoms with E-state index >= 15 is 0 Å². The van der Waals surface area contributed by atoms with Gasteiger partial charge in [0.15, 0.2) is 6.61 Å². The Kier molecular flexibility index (Phi) is 5.89. The molecule has 2 fully saturated rings. The molecule has 3 rings (SSSR count). The Labute approximate surface area is 151 Å². The van der Waals surface area contributed by atoms with Gasteiger partial charge in [0.2, 0.25) is 5.91 Å². The zero-order valence-electron chi connectivity index (χ0n) is 13.4. The molecular formula is C17H21ClN2O3S. The highest BCUT2D eigenvalue weighted by Gasteiger charge is 2.36. The summed E-state index contributed by atoms with van der Waals surface area (Å²) in [5.74, 6) is 2.46. The van der Waals surface area contributed by atoms with Gasteiger partial charge in [0.05, 0.1) is 0 Å². The number of amides is 2. The fourth-order valence-electron chi connectivity index (χ4n) is 3.10.